The van der Waals surface area contributed by atoms with Gasteiger partial charge in [-0.25, -0.2) is 8.42 Å². The molecule has 0 saturated heterocycles. The normalized spacial score (nSPS) is 10.9. The molecule has 0 aromatic heterocycles. The Balaban J connectivity index is 1.96. The predicted molar refractivity (Wildman–Crippen MR) is 100 cm³/mol. The molecule has 26 heavy (non-hydrogen) atoms. The average molecular weight is 371 g/mol. The van der Waals surface area contributed by atoms with Crippen molar-refractivity contribution in [1.29, 1.82) is 5.26 Å². The van der Waals surface area contributed by atoms with Crippen molar-refractivity contribution in [3.63, 3.8) is 0 Å². The lowest BCUT2D eigenvalue weighted by Crippen LogP contribution is -2.23. The van der Waals surface area contributed by atoms with Crippen LogP contribution in [0.15, 0.2) is 48.5 Å². The van der Waals surface area contributed by atoms with Crippen LogP contribution < -0.4 is 4.74 Å². The van der Waals surface area contributed by atoms with Crippen LogP contribution in [0.1, 0.15) is 31.7 Å². The summed E-state index contributed by atoms with van der Waals surface area (Å²) in [5.41, 5.74) is 2.42. The first-order valence-electron chi connectivity index (χ1n) is 8.45. The maximum absolute atomic E-state index is 11.9. The van der Waals surface area contributed by atoms with Crippen LogP contribution in [-0.4, -0.2) is 25.9 Å². The van der Waals surface area contributed by atoms with Gasteiger partial charge in [0.15, 0.2) is 9.84 Å². The fraction of sp³-hybridized carbons (Fsp3) is 0.300. The molecule has 0 aliphatic carbocycles. The highest BCUT2D eigenvalue weighted by Gasteiger charge is 2.18. The number of benzene rings is 2. The Morgan fingerprint density at radius 2 is 1.58 bits per heavy atom. The van der Waals surface area contributed by atoms with E-state index in [4.69, 9.17) is 10.00 Å². The number of hydrogen-bond acceptors (Lipinski definition) is 5. The number of sulfone groups is 1. The van der Waals surface area contributed by atoms with Gasteiger partial charge < -0.3 is 4.74 Å². The second-order valence-corrected chi connectivity index (χ2v) is 8.17. The van der Waals surface area contributed by atoms with Crippen molar-refractivity contribution in [2.45, 2.75) is 26.2 Å². The second kappa shape index (κ2) is 9.16. The molecule has 0 fully saturated rings. The van der Waals surface area contributed by atoms with Crippen LogP contribution in [0, 0.1) is 11.3 Å². The zero-order valence-corrected chi connectivity index (χ0v) is 15.5. The third-order valence-corrected chi connectivity index (χ3v) is 5.42. The maximum Gasteiger partial charge on any atom is 0.326 e. The largest absolute Gasteiger partial charge is 0.426 e. The number of esters is 1. The van der Waals surface area contributed by atoms with E-state index in [1.807, 2.05) is 19.1 Å². The fourth-order valence-corrected chi connectivity index (χ4v) is 3.64. The molecule has 0 spiro atoms. The van der Waals surface area contributed by atoms with Gasteiger partial charge in [0.05, 0.1) is 17.4 Å². The molecule has 2 aromatic rings. The van der Waals surface area contributed by atoms with Gasteiger partial charge in [0.1, 0.15) is 11.5 Å². The quantitative estimate of drug-likeness (QED) is 0.401. The molecule has 6 heteroatoms. The van der Waals surface area contributed by atoms with Crippen molar-refractivity contribution in [3.05, 3.63) is 54.1 Å². The van der Waals surface area contributed by atoms with Gasteiger partial charge in [-0.15, -0.1) is 0 Å². The summed E-state index contributed by atoms with van der Waals surface area (Å²) in [6.07, 6.45) is 2.31. The molecule has 0 atom stereocenters. The minimum absolute atomic E-state index is 0.00751. The molecular formula is C20H21NO4S. The van der Waals surface area contributed by atoms with Gasteiger partial charge in [0, 0.05) is 0 Å². The number of hydrogen-bond donors (Lipinski definition) is 0. The SMILES string of the molecule is CCCCCS(=O)(=O)CC(=O)Oc1ccc(-c2ccc(C#N)cc2)cc1. The minimum Gasteiger partial charge on any atom is -0.426 e. The summed E-state index contributed by atoms with van der Waals surface area (Å²) in [6, 6.07) is 16.0. The molecule has 136 valence electrons. The van der Waals surface area contributed by atoms with Crippen LogP contribution in [0.25, 0.3) is 11.1 Å². The van der Waals surface area contributed by atoms with Crippen molar-refractivity contribution in [3.8, 4) is 22.9 Å². The molecule has 0 aliphatic rings. The summed E-state index contributed by atoms with van der Waals surface area (Å²) >= 11 is 0. The average Bonchev–Trinajstić information content (AvgIpc) is 2.62. The van der Waals surface area contributed by atoms with Gasteiger partial charge in [0.25, 0.3) is 0 Å². The van der Waals surface area contributed by atoms with Crippen LogP contribution in [0.5, 0.6) is 5.75 Å². The van der Waals surface area contributed by atoms with E-state index in [0.717, 1.165) is 24.0 Å². The lowest BCUT2D eigenvalue weighted by atomic mass is 10.0. The van der Waals surface area contributed by atoms with Crippen LogP contribution >= 0.6 is 0 Å². The summed E-state index contributed by atoms with van der Waals surface area (Å²) in [6.45, 7) is 1.99. The van der Waals surface area contributed by atoms with Gasteiger partial charge in [0.2, 0.25) is 0 Å². The Kier molecular flexibility index (Phi) is 6.93. The van der Waals surface area contributed by atoms with E-state index in [1.165, 1.54) is 0 Å². The molecule has 0 bridgehead atoms. The standard InChI is InChI=1S/C20H21NO4S/c1-2-3-4-13-26(23,24)15-20(22)25-19-11-9-18(10-12-19)17-7-5-16(14-21)6-8-17/h5-12H,2-4,13,15H2,1H3. The summed E-state index contributed by atoms with van der Waals surface area (Å²) in [5.74, 6) is -1.06. The van der Waals surface area contributed by atoms with E-state index in [9.17, 15) is 13.2 Å². The Labute approximate surface area is 154 Å². The molecule has 0 N–H and O–H groups in total. The first-order chi connectivity index (χ1) is 12.4. The predicted octanol–water partition coefficient (Wildman–Crippen LogP) is 3.74. The number of carbonyl (C=O) groups excluding carboxylic acids is 1. The van der Waals surface area contributed by atoms with E-state index < -0.39 is 21.6 Å². The highest BCUT2D eigenvalue weighted by molar-refractivity contribution is 7.92. The Hall–Kier alpha value is -2.65. The number of ether oxygens (including phenoxy) is 1. The maximum atomic E-state index is 11.9. The van der Waals surface area contributed by atoms with E-state index >= 15 is 0 Å². The highest BCUT2D eigenvalue weighted by Crippen LogP contribution is 2.23. The topological polar surface area (TPSA) is 84.2 Å². The van der Waals surface area contributed by atoms with Crippen molar-refractivity contribution < 1.29 is 17.9 Å². The van der Waals surface area contributed by atoms with Gasteiger partial charge >= 0.3 is 5.97 Å². The first kappa shape index (κ1) is 19.7. The van der Waals surface area contributed by atoms with Crippen LogP contribution in [0.4, 0.5) is 0 Å². The molecule has 2 aromatic carbocycles. The molecule has 0 aliphatic heterocycles. The number of unbranched alkanes of at least 4 members (excludes halogenated alkanes) is 2. The van der Waals surface area contributed by atoms with Crippen LogP contribution in [0.2, 0.25) is 0 Å². The van der Waals surface area contributed by atoms with Crippen molar-refractivity contribution in [2.24, 2.45) is 0 Å². The van der Waals surface area contributed by atoms with E-state index in [-0.39, 0.29) is 5.75 Å². The second-order valence-electron chi connectivity index (χ2n) is 5.99. The number of rotatable bonds is 8. The van der Waals surface area contributed by atoms with Crippen molar-refractivity contribution in [2.75, 3.05) is 11.5 Å². The Morgan fingerprint density at radius 3 is 2.12 bits per heavy atom. The molecule has 0 radical (unpaired) electrons. The lowest BCUT2D eigenvalue weighted by molar-refractivity contribution is -0.131. The number of nitrogens with zero attached hydrogens (tertiary/aromatic N) is 1. The first-order valence-corrected chi connectivity index (χ1v) is 10.3. The molecule has 2 rings (SSSR count). The Bertz CT molecular complexity index is 879. The highest BCUT2D eigenvalue weighted by atomic mass is 32.2. The monoisotopic (exact) mass is 371 g/mol. The summed E-state index contributed by atoms with van der Waals surface area (Å²) in [4.78, 5) is 11.9. The molecule has 0 unspecified atom stereocenters. The molecule has 0 amide bonds. The van der Waals surface area contributed by atoms with Gasteiger partial charge in [-0.3, -0.25) is 4.79 Å². The fourth-order valence-electron chi connectivity index (χ4n) is 2.44. The minimum atomic E-state index is -3.43. The molecule has 0 saturated carbocycles. The van der Waals surface area contributed by atoms with Crippen LogP contribution in [-0.2, 0) is 14.6 Å². The number of carbonyl (C=O) groups is 1. The zero-order valence-electron chi connectivity index (χ0n) is 14.6. The van der Waals surface area contributed by atoms with E-state index in [0.29, 0.717) is 17.7 Å². The number of nitriles is 1. The van der Waals surface area contributed by atoms with Gasteiger partial charge in [-0.05, 0) is 41.8 Å². The lowest BCUT2D eigenvalue weighted by Gasteiger charge is -2.07. The summed E-state index contributed by atoms with van der Waals surface area (Å²) in [7, 11) is -3.43. The van der Waals surface area contributed by atoms with Crippen molar-refractivity contribution >= 4 is 15.8 Å². The van der Waals surface area contributed by atoms with E-state index in [2.05, 4.69) is 6.07 Å². The van der Waals surface area contributed by atoms with Gasteiger partial charge in [-0.2, -0.15) is 5.26 Å². The Morgan fingerprint density at radius 1 is 1.00 bits per heavy atom. The zero-order chi connectivity index (χ0) is 19.0. The third kappa shape index (κ3) is 6.01. The van der Waals surface area contributed by atoms with E-state index in [1.54, 1.807) is 36.4 Å². The third-order valence-electron chi connectivity index (χ3n) is 3.83. The van der Waals surface area contributed by atoms with Gasteiger partial charge in [-0.1, -0.05) is 44.0 Å². The summed E-state index contributed by atoms with van der Waals surface area (Å²) in [5, 5.41) is 8.82. The molecular weight excluding hydrogens is 350 g/mol. The van der Waals surface area contributed by atoms with Crippen molar-refractivity contribution in [1.82, 2.24) is 0 Å². The van der Waals surface area contributed by atoms with Crippen LogP contribution in [0.3, 0.4) is 0 Å². The summed E-state index contributed by atoms with van der Waals surface area (Å²) < 4.78 is 28.9. The smallest absolute Gasteiger partial charge is 0.326 e. The molecule has 0 heterocycles. The molecule has 5 nitrogen and oxygen atoms in total.